The van der Waals surface area contributed by atoms with Crippen molar-refractivity contribution in [1.29, 1.82) is 0 Å². The maximum Gasteiger partial charge on any atom is 0.251 e. The molecule has 0 atom stereocenters. The zero-order valence-corrected chi connectivity index (χ0v) is 8.59. The van der Waals surface area contributed by atoms with Gasteiger partial charge in [-0.2, -0.15) is 0 Å². The van der Waals surface area contributed by atoms with E-state index in [0.29, 0.717) is 18.5 Å². The van der Waals surface area contributed by atoms with Crippen molar-refractivity contribution in [2.24, 2.45) is 0 Å². The van der Waals surface area contributed by atoms with Crippen molar-refractivity contribution < 1.29 is 9.21 Å². The van der Waals surface area contributed by atoms with Gasteiger partial charge < -0.3 is 9.73 Å². The number of nitrogens with one attached hydrogen (secondary N) is 1. The quantitative estimate of drug-likeness (QED) is 0.830. The molecule has 0 aliphatic heterocycles. The van der Waals surface area contributed by atoms with Gasteiger partial charge in [-0.15, -0.1) is 0 Å². The number of hydrogen-bond donors (Lipinski definition) is 1. The van der Waals surface area contributed by atoms with Crippen LogP contribution in [-0.2, 0) is 6.42 Å². The number of nitrogens with zero attached hydrogens (tertiary/aromatic N) is 2. The second kappa shape index (κ2) is 5.06. The van der Waals surface area contributed by atoms with E-state index in [1.807, 2.05) is 0 Å². The number of pyridine rings is 1. The molecule has 0 unspecified atom stereocenters. The number of rotatable bonds is 4. The SMILES string of the molecule is O=C(NCCc1cocn1)c1ccncc1. The smallest absolute Gasteiger partial charge is 0.251 e. The van der Waals surface area contributed by atoms with Crippen LogP contribution in [0, 0.1) is 0 Å². The molecule has 2 rings (SSSR count). The summed E-state index contributed by atoms with van der Waals surface area (Å²) in [5.41, 5.74) is 1.44. The molecule has 16 heavy (non-hydrogen) atoms. The van der Waals surface area contributed by atoms with Crippen molar-refractivity contribution in [2.75, 3.05) is 6.54 Å². The molecule has 1 amide bonds. The zero-order chi connectivity index (χ0) is 11.2. The lowest BCUT2D eigenvalue weighted by Gasteiger charge is -2.02. The van der Waals surface area contributed by atoms with Crippen molar-refractivity contribution in [2.45, 2.75) is 6.42 Å². The van der Waals surface area contributed by atoms with Crippen molar-refractivity contribution in [3.8, 4) is 0 Å². The highest BCUT2D eigenvalue weighted by molar-refractivity contribution is 5.93. The highest BCUT2D eigenvalue weighted by atomic mass is 16.3. The lowest BCUT2D eigenvalue weighted by Crippen LogP contribution is -2.25. The van der Waals surface area contributed by atoms with Crippen molar-refractivity contribution in [3.63, 3.8) is 0 Å². The highest BCUT2D eigenvalue weighted by Gasteiger charge is 2.04. The van der Waals surface area contributed by atoms with E-state index in [0.717, 1.165) is 5.69 Å². The van der Waals surface area contributed by atoms with E-state index in [1.54, 1.807) is 30.8 Å². The molecule has 0 spiro atoms. The molecule has 5 nitrogen and oxygen atoms in total. The van der Waals surface area contributed by atoms with Crippen molar-refractivity contribution in [3.05, 3.63) is 48.4 Å². The standard InChI is InChI=1S/C11H11N3O2/c15-11(9-1-4-12-5-2-9)13-6-3-10-7-16-8-14-10/h1-2,4-5,7-8H,3,6H2,(H,13,15). The summed E-state index contributed by atoms with van der Waals surface area (Å²) >= 11 is 0. The minimum atomic E-state index is -0.106. The molecule has 0 aliphatic carbocycles. The molecule has 0 saturated carbocycles. The molecule has 5 heteroatoms. The summed E-state index contributed by atoms with van der Waals surface area (Å²) in [4.78, 5) is 19.4. The van der Waals surface area contributed by atoms with Crippen molar-refractivity contribution >= 4 is 5.91 Å². The maximum absolute atomic E-state index is 11.6. The summed E-state index contributed by atoms with van der Waals surface area (Å²) in [6, 6.07) is 3.34. The Hall–Kier alpha value is -2.17. The average molecular weight is 217 g/mol. The summed E-state index contributed by atoms with van der Waals surface area (Å²) in [7, 11) is 0. The van der Waals surface area contributed by atoms with Gasteiger partial charge in [0.1, 0.15) is 6.26 Å². The average Bonchev–Trinajstić information content (AvgIpc) is 2.83. The highest BCUT2D eigenvalue weighted by Crippen LogP contribution is 1.97. The molecule has 0 saturated heterocycles. The third kappa shape index (κ3) is 2.66. The molecule has 0 bridgehead atoms. The predicted molar refractivity (Wildman–Crippen MR) is 56.8 cm³/mol. The van der Waals surface area contributed by atoms with Crippen LogP contribution in [0.15, 0.2) is 41.6 Å². The largest absolute Gasteiger partial charge is 0.451 e. The van der Waals surface area contributed by atoms with E-state index in [9.17, 15) is 4.79 Å². The van der Waals surface area contributed by atoms with Gasteiger partial charge in [0, 0.05) is 30.9 Å². The van der Waals surface area contributed by atoms with Gasteiger partial charge in [0.25, 0.3) is 5.91 Å². The normalized spacial score (nSPS) is 10.0. The Labute approximate surface area is 92.5 Å². The molecule has 82 valence electrons. The minimum Gasteiger partial charge on any atom is -0.451 e. The molecule has 2 heterocycles. The summed E-state index contributed by atoms with van der Waals surface area (Å²) in [5, 5.41) is 2.79. The Morgan fingerprint density at radius 2 is 2.19 bits per heavy atom. The Morgan fingerprint density at radius 1 is 1.38 bits per heavy atom. The first-order chi connectivity index (χ1) is 7.86. The van der Waals surface area contributed by atoms with Crippen LogP contribution in [0.4, 0.5) is 0 Å². The summed E-state index contributed by atoms with van der Waals surface area (Å²) in [5.74, 6) is -0.106. The van der Waals surface area contributed by atoms with E-state index in [4.69, 9.17) is 4.42 Å². The lowest BCUT2D eigenvalue weighted by molar-refractivity contribution is 0.0954. The molecule has 1 N–H and O–H groups in total. The molecule has 0 fully saturated rings. The predicted octanol–water partition coefficient (Wildman–Crippen LogP) is 1.04. The van der Waals surface area contributed by atoms with Crippen LogP contribution in [0.1, 0.15) is 16.1 Å². The fourth-order valence-corrected chi connectivity index (χ4v) is 1.27. The van der Waals surface area contributed by atoms with Gasteiger partial charge in [-0.25, -0.2) is 4.98 Å². The Balaban J connectivity index is 1.81. The third-order valence-electron chi connectivity index (χ3n) is 2.09. The fourth-order valence-electron chi connectivity index (χ4n) is 1.27. The molecule has 0 radical (unpaired) electrons. The monoisotopic (exact) mass is 217 g/mol. The topological polar surface area (TPSA) is 68.0 Å². The zero-order valence-electron chi connectivity index (χ0n) is 8.59. The maximum atomic E-state index is 11.6. The van der Waals surface area contributed by atoms with Gasteiger partial charge in [0.15, 0.2) is 6.39 Å². The number of hydrogen-bond acceptors (Lipinski definition) is 4. The molecule has 2 aromatic rings. The molecule has 0 aromatic carbocycles. The van der Waals surface area contributed by atoms with Crippen LogP contribution in [0.2, 0.25) is 0 Å². The number of amides is 1. The van der Waals surface area contributed by atoms with Gasteiger partial charge >= 0.3 is 0 Å². The Morgan fingerprint density at radius 3 is 2.88 bits per heavy atom. The second-order valence-electron chi connectivity index (χ2n) is 3.22. The summed E-state index contributed by atoms with van der Waals surface area (Å²) in [6.45, 7) is 0.535. The number of carbonyl (C=O) groups is 1. The van der Waals surface area contributed by atoms with Gasteiger partial charge in [0.05, 0.1) is 5.69 Å². The summed E-state index contributed by atoms with van der Waals surface area (Å²) < 4.78 is 4.82. The first-order valence-corrected chi connectivity index (χ1v) is 4.91. The molecule has 2 aromatic heterocycles. The first kappa shape index (κ1) is 10.4. The van der Waals surface area contributed by atoms with Gasteiger partial charge in [-0.05, 0) is 12.1 Å². The molecular formula is C11H11N3O2. The van der Waals surface area contributed by atoms with Crippen LogP contribution in [0.3, 0.4) is 0 Å². The van der Waals surface area contributed by atoms with E-state index >= 15 is 0 Å². The molecule has 0 aliphatic rings. The minimum absolute atomic E-state index is 0.106. The van der Waals surface area contributed by atoms with Gasteiger partial charge in [-0.3, -0.25) is 9.78 Å². The van der Waals surface area contributed by atoms with Gasteiger partial charge in [-0.1, -0.05) is 0 Å². The third-order valence-corrected chi connectivity index (χ3v) is 2.09. The molecular weight excluding hydrogens is 206 g/mol. The van der Waals surface area contributed by atoms with E-state index in [-0.39, 0.29) is 5.91 Å². The van der Waals surface area contributed by atoms with Crippen LogP contribution in [0.25, 0.3) is 0 Å². The van der Waals surface area contributed by atoms with Crippen LogP contribution in [0.5, 0.6) is 0 Å². The van der Waals surface area contributed by atoms with E-state index in [2.05, 4.69) is 15.3 Å². The van der Waals surface area contributed by atoms with Crippen molar-refractivity contribution in [1.82, 2.24) is 15.3 Å². The second-order valence-corrected chi connectivity index (χ2v) is 3.22. The lowest BCUT2D eigenvalue weighted by atomic mass is 10.2. The van der Waals surface area contributed by atoms with E-state index < -0.39 is 0 Å². The number of oxazole rings is 1. The van der Waals surface area contributed by atoms with Crippen LogP contribution >= 0.6 is 0 Å². The van der Waals surface area contributed by atoms with E-state index in [1.165, 1.54) is 6.39 Å². The Bertz CT molecular complexity index is 440. The first-order valence-electron chi connectivity index (χ1n) is 4.91. The summed E-state index contributed by atoms with van der Waals surface area (Å²) in [6.07, 6.45) is 6.78. The number of carbonyl (C=O) groups excluding carboxylic acids is 1. The van der Waals surface area contributed by atoms with Crippen LogP contribution < -0.4 is 5.32 Å². The fraction of sp³-hybridized carbons (Fsp3) is 0.182. The Kier molecular flexibility index (Phi) is 3.28. The van der Waals surface area contributed by atoms with Gasteiger partial charge in [0.2, 0.25) is 0 Å². The number of aromatic nitrogens is 2. The van der Waals surface area contributed by atoms with Crippen LogP contribution in [-0.4, -0.2) is 22.4 Å².